The van der Waals surface area contributed by atoms with E-state index >= 15 is 0 Å². The van der Waals surface area contributed by atoms with Gasteiger partial charge in [-0.15, -0.1) is 0 Å². The summed E-state index contributed by atoms with van der Waals surface area (Å²) in [6.45, 7) is 1.64. The molecular weight excluding hydrogens is 206 g/mol. The fourth-order valence-corrected chi connectivity index (χ4v) is 1.82. The van der Waals surface area contributed by atoms with Crippen molar-refractivity contribution in [1.29, 1.82) is 0 Å². The normalized spacial score (nSPS) is 15.9. The van der Waals surface area contributed by atoms with Gasteiger partial charge in [0.2, 0.25) is 5.95 Å². The average Bonchev–Trinajstić information content (AvgIpc) is 2.38. The molecule has 0 aliphatic carbocycles. The molecule has 1 aliphatic rings. The van der Waals surface area contributed by atoms with Gasteiger partial charge in [-0.2, -0.15) is 10.1 Å². The molecule has 82 valence electrons. The molecule has 2 aromatic rings. The first-order valence-corrected chi connectivity index (χ1v) is 4.98. The summed E-state index contributed by atoms with van der Waals surface area (Å²) in [7, 11) is 0. The lowest BCUT2D eigenvalue weighted by atomic mass is 10.3. The Balaban J connectivity index is 2.46. The molecule has 7 nitrogen and oxygen atoms in total. The first kappa shape index (κ1) is 9.10. The van der Waals surface area contributed by atoms with Crippen LogP contribution in [0.15, 0.2) is 23.4 Å². The molecule has 2 aromatic heterocycles. The summed E-state index contributed by atoms with van der Waals surface area (Å²) in [5.41, 5.74) is 7.32. The number of aromatic nitrogens is 3. The molecule has 0 bridgehead atoms. The molecule has 0 saturated heterocycles. The number of fused-ring (bicyclic) bond motifs is 3. The molecule has 0 spiro atoms. The summed E-state index contributed by atoms with van der Waals surface area (Å²) in [5, 5.41) is 4.53. The van der Waals surface area contributed by atoms with E-state index in [2.05, 4.69) is 25.9 Å². The quantitative estimate of drug-likeness (QED) is 0.394. The number of nitrogens with zero attached hydrogens (tertiary/aromatic N) is 4. The van der Waals surface area contributed by atoms with Gasteiger partial charge >= 0.3 is 0 Å². The summed E-state index contributed by atoms with van der Waals surface area (Å²) in [6, 6.07) is 3.76. The van der Waals surface area contributed by atoms with E-state index in [1.165, 1.54) is 0 Å². The van der Waals surface area contributed by atoms with E-state index in [0.29, 0.717) is 11.4 Å². The van der Waals surface area contributed by atoms with Crippen molar-refractivity contribution in [3.63, 3.8) is 0 Å². The van der Waals surface area contributed by atoms with Crippen LogP contribution in [0, 0.1) is 0 Å². The molecule has 0 amide bonds. The van der Waals surface area contributed by atoms with Crippen molar-refractivity contribution in [1.82, 2.24) is 20.0 Å². The van der Waals surface area contributed by atoms with E-state index in [1.807, 2.05) is 16.7 Å². The highest BCUT2D eigenvalue weighted by Gasteiger charge is 2.12. The van der Waals surface area contributed by atoms with Gasteiger partial charge in [0.25, 0.3) is 0 Å². The lowest BCUT2D eigenvalue weighted by molar-refractivity contribution is 0.590. The van der Waals surface area contributed by atoms with Crippen LogP contribution in [0.1, 0.15) is 0 Å². The number of anilines is 1. The number of nitrogens with two attached hydrogens (primary N) is 1. The molecule has 16 heavy (non-hydrogen) atoms. The van der Waals surface area contributed by atoms with Crippen molar-refractivity contribution in [2.45, 2.75) is 6.54 Å². The maximum atomic E-state index is 5.33. The van der Waals surface area contributed by atoms with Crippen molar-refractivity contribution in [3.8, 4) is 0 Å². The van der Waals surface area contributed by atoms with Crippen LogP contribution in [-0.4, -0.2) is 21.1 Å². The number of hydrazine groups is 1. The Hall–Kier alpha value is -2.15. The molecular formula is C9H11N7. The largest absolute Gasteiger partial charge is 0.321 e. The summed E-state index contributed by atoms with van der Waals surface area (Å²) in [6.07, 6.45) is 1.75. The van der Waals surface area contributed by atoms with Gasteiger partial charge < -0.3 is 5.84 Å². The smallest absolute Gasteiger partial charge is 0.221 e. The van der Waals surface area contributed by atoms with Crippen LogP contribution in [0.25, 0.3) is 11.0 Å². The Morgan fingerprint density at radius 3 is 3.31 bits per heavy atom. The summed E-state index contributed by atoms with van der Waals surface area (Å²) in [4.78, 5) is 8.66. The number of pyridine rings is 1. The first-order chi connectivity index (χ1) is 7.90. The zero-order chi connectivity index (χ0) is 11.0. The molecule has 1 aliphatic heterocycles. The topological polar surface area (TPSA) is 93.2 Å². The highest BCUT2D eigenvalue weighted by Crippen LogP contribution is 2.12. The lowest BCUT2D eigenvalue weighted by Gasteiger charge is -2.21. The first-order valence-electron chi connectivity index (χ1n) is 4.98. The third-order valence-corrected chi connectivity index (χ3v) is 2.53. The van der Waals surface area contributed by atoms with Crippen LogP contribution in [0.3, 0.4) is 0 Å². The van der Waals surface area contributed by atoms with E-state index in [1.54, 1.807) is 6.20 Å². The van der Waals surface area contributed by atoms with E-state index in [0.717, 1.165) is 24.1 Å². The third kappa shape index (κ3) is 1.22. The van der Waals surface area contributed by atoms with Crippen LogP contribution in [0.2, 0.25) is 0 Å². The monoisotopic (exact) mass is 217 g/mol. The fourth-order valence-electron chi connectivity index (χ4n) is 1.82. The van der Waals surface area contributed by atoms with Gasteiger partial charge in [-0.1, -0.05) is 0 Å². The Morgan fingerprint density at radius 2 is 2.44 bits per heavy atom. The average molecular weight is 217 g/mol. The fraction of sp³-hybridized carbons (Fsp3) is 0.222. The minimum atomic E-state index is 0.491. The second kappa shape index (κ2) is 3.46. The molecule has 0 saturated carbocycles. The number of nitrogens with one attached hydrogen (secondary N) is 2. The van der Waals surface area contributed by atoms with Crippen LogP contribution in [0.5, 0.6) is 0 Å². The van der Waals surface area contributed by atoms with Gasteiger partial charge in [-0.3, -0.25) is 9.99 Å². The molecule has 0 aromatic carbocycles. The molecule has 3 rings (SSSR count). The summed E-state index contributed by atoms with van der Waals surface area (Å²) >= 11 is 0. The van der Waals surface area contributed by atoms with Gasteiger partial charge in [0.1, 0.15) is 5.65 Å². The molecule has 0 radical (unpaired) electrons. The molecule has 0 fully saturated rings. The second-order valence-electron chi connectivity index (χ2n) is 3.47. The molecule has 7 heteroatoms. The summed E-state index contributed by atoms with van der Waals surface area (Å²) < 4.78 is 2.00. The molecule has 3 heterocycles. The number of hydrogen-bond acceptors (Lipinski definition) is 6. The van der Waals surface area contributed by atoms with Gasteiger partial charge in [0.05, 0.1) is 5.39 Å². The second-order valence-corrected chi connectivity index (χ2v) is 3.47. The van der Waals surface area contributed by atoms with E-state index in [4.69, 9.17) is 5.84 Å². The zero-order valence-electron chi connectivity index (χ0n) is 8.51. The van der Waals surface area contributed by atoms with Gasteiger partial charge in [0.15, 0.2) is 5.49 Å². The van der Waals surface area contributed by atoms with E-state index in [9.17, 15) is 0 Å². The van der Waals surface area contributed by atoms with Crippen molar-refractivity contribution in [3.05, 3.63) is 23.8 Å². The van der Waals surface area contributed by atoms with Crippen LogP contribution in [0.4, 0.5) is 5.95 Å². The van der Waals surface area contributed by atoms with Crippen molar-refractivity contribution < 1.29 is 0 Å². The Morgan fingerprint density at radius 1 is 1.50 bits per heavy atom. The Labute approximate surface area is 91.0 Å². The van der Waals surface area contributed by atoms with Crippen molar-refractivity contribution >= 4 is 17.0 Å². The van der Waals surface area contributed by atoms with Gasteiger partial charge in [0, 0.05) is 19.3 Å². The van der Waals surface area contributed by atoms with Crippen LogP contribution >= 0.6 is 0 Å². The summed E-state index contributed by atoms with van der Waals surface area (Å²) in [5.74, 6) is 6.01. The Kier molecular flexibility index (Phi) is 1.97. The molecule has 0 atom stereocenters. The highest BCUT2D eigenvalue weighted by molar-refractivity contribution is 5.75. The van der Waals surface area contributed by atoms with Crippen LogP contribution in [-0.2, 0) is 6.54 Å². The van der Waals surface area contributed by atoms with Gasteiger partial charge in [-0.25, -0.2) is 10.4 Å². The zero-order valence-corrected chi connectivity index (χ0v) is 8.51. The van der Waals surface area contributed by atoms with Crippen LogP contribution < -0.4 is 22.2 Å². The number of hydrogen-bond donors (Lipinski definition) is 3. The van der Waals surface area contributed by atoms with Crippen molar-refractivity contribution in [2.24, 2.45) is 10.9 Å². The molecule has 0 unspecified atom stereocenters. The third-order valence-electron chi connectivity index (χ3n) is 2.53. The lowest BCUT2D eigenvalue weighted by Crippen LogP contribution is -2.36. The van der Waals surface area contributed by atoms with E-state index < -0.39 is 0 Å². The minimum absolute atomic E-state index is 0.491. The molecule has 4 N–H and O–H groups in total. The standard InChI is InChI=1S/C9H11N7/c10-14-7-6-2-1-3-11-8(6)16-5-4-12-15-9(16)13-7/h1-3,12H,4-5,10H2,(H,13,14,15). The Bertz CT molecular complexity index is 600. The van der Waals surface area contributed by atoms with Crippen molar-refractivity contribution in [2.75, 3.05) is 12.0 Å². The van der Waals surface area contributed by atoms with E-state index in [-0.39, 0.29) is 0 Å². The SMILES string of the molecule is N/N=c1/nc2n(c3ncccc13)CCNN2. The predicted octanol–water partition coefficient (Wildman–Crippen LogP) is -0.864. The minimum Gasteiger partial charge on any atom is -0.321 e. The maximum absolute atomic E-state index is 5.33. The number of rotatable bonds is 0. The predicted molar refractivity (Wildman–Crippen MR) is 58.9 cm³/mol. The highest BCUT2D eigenvalue weighted by atomic mass is 15.5. The maximum Gasteiger partial charge on any atom is 0.221 e. The van der Waals surface area contributed by atoms with Gasteiger partial charge in [-0.05, 0) is 12.1 Å².